The fraction of sp³-hybridized carbons (Fsp3) is 0.269. The van der Waals surface area contributed by atoms with Gasteiger partial charge in [-0.3, -0.25) is 9.69 Å². The Hall–Kier alpha value is -2.98. The molecule has 3 aromatic carbocycles. The van der Waals surface area contributed by atoms with Crippen LogP contribution in [0.2, 0.25) is 0 Å². The van der Waals surface area contributed by atoms with E-state index in [4.69, 9.17) is 0 Å². The van der Waals surface area contributed by atoms with Crippen molar-refractivity contribution < 1.29 is 9.18 Å². The third-order valence-corrected chi connectivity index (χ3v) is 5.76. The molecule has 1 aliphatic rings. The molecule has 1 fully saturated rings. The Labute approximate surface area is 177 Å². The van der Waals surface area contributed by atoms with Crippen LogP contribution in [0.1, 0.15) is 34.3 Å². The minimum absolute atomic E-state index is 0.0710. The molecule has 3 nitrogen and oxygen atoms in total. The standard InChI is InChI=1S/C26H27FN2O/c1-20-6-5-7-21(18-20)19-28-16-14-25(15-17-28)29(24-8-3-2-4-9-24)26(30)22-10-12-23(27)13-11-22/h2-13,18,25H,14-17,19H2,1H3. The molecule has 0 unspecified atom stereocenters. The van der Waals surface area contributed by atoms with E-state index in [-0.39, 0.29) is 17.8 Å². The molecule has 0 aliphatic carbocycles. The van der Waals surface area contributed by atoms with Gasteiger partial charge in [-0.15, -0.1) is 0 Å². The van der Waals surface area contributed by atoms with E-state index in [0.29, 0.717) is 5.56 Å². The lowest BCUT2D eigenvalue weighted by Gasteiger charge is -2.38. The largest absolute Gasteiger partial charge is 0.305 e. The van der Waals surface area contributed by atoms with Crippen molar-refractivity contribution in [2.75, 3.05) is 18.0 Å². The van der Waals surface area contributed by atoms with Crippen LogP contribution >= 0.6 is 0 Å². The number of nitrogens with zero attached hydrogens (tertiary/aromatic N) is 2. The van der Waals surface area contributed by atoms with Crippen molar-refractivity contribution >= 4 is 11.6 Å². The Morgan fingerprint density at radius 2 is 1.67 bits per heavy atom. The molecule has 4 rings (SSSR count). The topological polar surface area (TPSA) is 23.6 Å². The highest BCUT2D eigenvalue weighted by atomic mass is 19.1. The monoisotopic (exact) mass is 402 g/mol. The van der Waals surface area contributed by atoms with Gasteiger partial charge in [0.1, 0.15) is 5.82 Å². The Kier molecular flexibility index (Phi) is 6.24. The average Bonchev–Trinajstić information content (AvgIpc) is 2.76. The third-order valence-electron chi connectivity index (χ3n) is 5.76. The van der Waals surface area contributed by atoms with E-state index < -0.39 is 0 Å². The lowest BCUT2D eigenvalue weighted by atomic mass is 10.00. The smallest absolute Gasteiger partial charge is 0.258 e. The zero-order valence-corrected chi connectivity index (χ0v) is 17.3. The summed E-state index contributed by atoms with van der Waals surface area (Å²) >= 11 is 0. The molecule has 154 valence electrons. The molecule has 0 spiro atoms. The highest BCUT2D eigenvalue weighted by Crippen LogP contribution is 2.26. The summed E-state index contributed by atoms with van der Waals surface area (Å²) in [4.78, 5) is 17.7. The number of para-hydroxylation sites is 1. The lowest BCUT2D eigenvalue weighted by Crippen LogP contribution is -2.47. The first-order valence-corrected chi connectivity index (χ1v) is 10.5. The van der Waals surface area contributed by atoms with Gasteiger partial charge in [0.2, 0.25) is 0 Å². The fourth-order valence-electron chi connectivity index (χ4n) is 4.22. The molecule has 3 aromatic rings. The fourth-order valence-corrected chi connectivity index (χ4v) is 4.22. The van der Waals surface area contributed by atoms with Gasteiger partial charge in [-0.2, -0.15) is 0 Å². The van der Waals surface area contributed by atoms with E-state index in [2.05, 4.69) is 36.1 Å². The summed E-state index contributed by atoms with van der Waals surface area (Å²) in [5.74, 6) is -0.402. The van der Waals surface area contributed by atoms with E-state index in [0.717, 1.165) is 38.2 Å². The molecule has 0 N–H and O–H groups in total. The van der Waals surface area contributed by atoms with Crippen LogP contribution < -0.4 is 4.90 Å². The molecule has 0 atom stereocenters. The number of amides is 1. The summed E-state index contributed by atoms with van der Waals surface area (Å²) in [5, 5.41) is 0. The second-order valence-electron chi connectivity index (χ2n) is 8.01. The number of carbonyl (C=O) groups is 1. The number of halogens is 1. The van der Waals surface area contributed by atoms with Crippen molar-refractivity contribution in [1.82, 2.24) is 4.90 Å². The van der Waals surface area contributed by atoms with Crippen molar-refractivity contribution in [2.24, 2.45) is 0 Å². The first-order valence-electron chi connectivity index (χ1n) is 10.5. The van der Waals surface area contributed by atoms with Crippen molar-refractivity contribution in [1.29, 1.82) is 0 Å². The van der Waals surface area contributed by atoms with Gasteiger partial charge < -0.3 is 4.90 Å². The maximum Gasteiger partial charge on any atom is 0.258 e. The Morgan fingerprint density at radius 3 is 2.33 bits per heavy atom. The molecular weight excluding hydrogens is 375 g/mol. The summed E-state index contributed by atoms with van der Waals surface area (Å²) in [6.45, 7) is 4.94. The summed E-state index contributed by atoms with van der Waals surface area (Å²) in [7, 11) is 0. The van der Waals surface area contributed by atoms with Gasteiger partial charge >= 0.3 is 0 Å². The number of benzene rings is 3. The Bertz CT molecular complexity index is 979. The molecule has 0 bridgehead atoms. The molecule has 1 heterocycles. The number of aryl methyl sites for hydroxylation is 1. The second kappa shape index (κ2) is 9.23. The van der Waals surface area contributed by atoms with E-state index >= 15 is 0 Å². The quantitative estimate of drug-likeness (QED) is 0.567. The molecule has 30 heavy (non-hydrogen) atoms. The lowest BCUT2D eigenvalue weighted by molar-refractivity contribution is 0.0958. The van der Waals surface area contributed by atoms with E-state index in [1.165, 1.54) is 23.3 Å². The van der Waals surface area contributed by atoms with Gasteiger partial charge in [0.15, 0.2) is 0 Å². The zero-order chi connectivity index (χ0) is 20.9. The van der Waals surface area contributed by atoms with Gasteiger partial charge in [-0.25, -0.2) is 4.39 Å². The van der Waals surface area contributed by atoms with Crippen LogP contribution in [-0.2, 0) is 6.54 Å². The first kappa shape index (κ1) is 20.3. The number of hydrogen-bond acceptors (Lipinski definition) is 2. The number of hydrogen-bond donors (Lipinski definition) is 0. The van der Waals surface area contributed by atoms with Gasteiger partial charge in [0.25, 0.3) is 5.91 Å². The molecular formula is C26H27FN2O. The minimum Gasteiger partial charge on any atom is -0.305 e. The van der Waals surface area contributed by atoms with E-state index in [9.17, 15) is 9.18 Å². The van der Waals surface area contributed by atoms with Crippen LogP contribution in [0.3, 0.4) is 0 Å². The summed E-state index contributed by atoms with van der Waals surface area (Å²) in [6.07, 6.45) is 1.82. The van der Waals surface area contributed by atoms with Crippen molar-refractivity contribution in [3.63, 3.8) is 0 Å². The van der Waals surface area contributed by atoms with Gasteiger partial charge in [0.05, 0.1) is 0 Å². The van der Waals surface area contributed by atoms with Crippen LogP contribution in [0, 0.1) is 12.7 Å². The number of anilines is 1. The molecule has 4 heteroatoms. The summed E-state index contributed by atoms with van der Waals surface area (Å²) in [5.41, 5.74) is 4.02. The van der Waals surface area contributed by atoms with Crippen molar-refractivity contribution in [3.05, 3.63) is 101 Å². The van der Waals surface area contributed by atoms with Gasteiger partial charge in [0, 0.05) is 36.9 Å². The molecule has 1 amide bonds. The highest BCUT2D eigenvalue weighted by molar-refractivity contribution is 6.06. The molecule has 1 saturated heterocycles. The second-order valence-corrected chi connectivity index (χ2v) is 8.01. The number of rotatable bonds is 5. The van der Waals surface area contributed by atoms with Crippen molar-refractivity contribution in [3.8, 4) is 0 Å². The third kappa shape index (κ3) is 4.77. The summed E-state index contributed by atoms with van der Waals surface area (Å²) in [6, 6.07) is 24.4. The number of carbonyl (C=O) groups excluding carboxylic acids is 1. The molecule has 1 aliphatic heterocycles. The number of likely N-dealkylation sites (tertiary alicyclic amines) is 1. The minimum atomic E-state index is -0.331. The van der Waals surface area contributed by atoms with E-state index in [1.807, 2.05) is 35.2 Å². The van der Waals surface area contributed by atoms with Crippen LogP contribution in [-0.4, -0.2) is 29.9 Å². The molecule has 0 aromatic heterocycles. The van der Waals surface area contributed by atoms with Crippen molar-refractivity contribution in [2.45, 2.75) is 32.4 Å². The molecule has 0 saturated carbocycles. The van der Waals surface area contributed by atoms with Crippen LogP contribution in [0.5, 0.6) is 0 Å². The Morgan fingerprint density at radius 1 is 0.967 bits per heavy atom. The number of piperidine rings is 1. The maximum atomic E-state index is 13.4. The van der Waals surface area contributed by atoms with Crippen LogP contribution in [0.25, 0.3) is 0 Å². The van der Waals surface area contributed by atoms with E-state index in [1.54, 1.807) is 12.1 Å². The van der Waals surface area contributed by atoms with Crippen LogP contribution in [0.15, 0.2) is 78.9 Å². The summed E-state index contributed by atoms with van der Waals surface area (Å²) < 4.78 is 13.3. The van der Waals surface area contributed by atoms with Crippen LogP contribution in [0.4, 0.5) is 10.1 Å². The zero-order valence-electron chi connectivity index (χ0n) is 17.3. The average molecular weight is 403 g/mol. The SMILES string of the molecule is Cc1cccc(CN2CCC(N(C(=O)c3ccc(F)cc3)c3ccccc3)CC2)c1. The highest BCUT2D eigenvalue weighted by Gasteiger charge is 2.29. The maximum absolute atomic E-state index is 13.4. The molecule has 0 radical (unpaired) electrons. The van der Waals surface area contributed by atoms with Gasteiger partial charge in [-0.1, -0.05) is 48.0 Å². The normalized spacial score (nSPS) is 15.1. The predicted octanol–water partition coefficient (Wildman–Crippen LogP) is 5.45. The Balaban J connectivity index is 1.49. The first-order chi connectivity index (χ1) is 14.6. The predicted molar refractivity (Wildman–Crippen MR) is 119 cm³/mol. The van der Waals surface area contributed by atoms with Gasteiger partial charge in [-0.05, 0) is 61.7 Å².